The zero-order valence-corrected chi connectivity index (χ0v) is 12.9. The van der Waals surface area contributed by atoms with Gasteiger partial charge < -0.3 is 10.2 Å². The van der Waals surface area contributed by atoms with Crippen LogP contribution in [0.4, 0.5) is 0 Å². The molecule has 0 spiro atoms. The number of benzene rings is 1. The van der Waals surface area contributed by atoms with Crippen molar-refractivity contribution in [3.8, 4) is 0 Å². The lowest BCUT2D eigenvalue weighted by Crippen LogP contribution is -2.40. The molecule has 0 aromatic heterocycles. The topological polar surface area (TPSA) is 49.4 Å². The molecule has 1 aromatic rings. The van der Waals surface area contributed by atoms with Crippen LogP contribution in [0.5, 0.6) is 0 Å². The molecule has 5 heteroatoms. The Balaban J connectivity index is 1.90. The van der Waals surface area contributed by atoms with Crippen LogP contribution < -0.4 is 5.32 Å². The highest BCUT2D eigenvalue weighted by Crippen LogP contribution is 2.08. The summed E-state index contributed by atoms with van der Waals surface area (Å²) in [4.78, 5) is 2.27. The number of hydrogen-bond donors (Lipinski definition) is 1. The van der Waals surface area contributed by atoms with Crippen molar-refractivity contribution in [3.05, 3.63) is 35.9 Å². The molecule has 20 heavy (non-hydrogen) atoms. The first-order chi connectivity index (χ1) is 9.53. The van der Waals surface area contributed by atoms with Crippen LogP contribution in [0, 0.1) is 0 Å². The summed E-state index contributed by atoms with van der Waals surface area (Å²) in [7, 11) is -2.87. The molecule has 1 N–H and O–H groups in total. The van der Waals surface area contributed by atoms with Crippen LogP contribution in [0.25, 0.3) is 0 Å². The van der Waals surface area contributed by atoms with Crippen molar-refractivity contribution < 1.29 is 8.42 Å². The van der Waals surface area contributed by atoms with Crippen LogP contribution in [-0.2, 0) is 16.3 Å². The summed E-state index contributed by atoms with van der Waals surface area (Å²) in [5.74, 6) is 0.255. The minimum Gasteiger partial charge on any atom is -0.312 e. The first-order valence-electron chi connectivity index (χ1n) is 7.20. The molecule has 0 saturated carbocycles. The van der Waals surface area contributed by atoms with Gasteiger partial charge in [-0.2, -0.15) is 0 Å². The highest BCUT2D eigenvalue weighted by molar-refractivity contribution is 7.90. The summed E-state index contributed by atoms with van der Waals surface area (Å²) in [5, 5.41) is 3.57. The summed E-state index contributed by atoms with van der Waals surface area (Å²) in [6.07, 6.45) is 3.38. The Labute approximate surface area is 122 Å². The maximum atomic E-state index is 11.3. The third kappa shape index (κ3) is 5.61. The summed E-state index contributed by atoms with van der Waals surface area (Å²) in [6.45, 7) is 3.55. The molecule has 0 bridgehead atoms. The number of nitrogens with zero attached hydrogens (tertiary/aromatic N) is 1. The smallest absolute Gasteiger partial charge is 0.148 e. The van der Waals surface area contributed by atoms with Gasteiger partial charge in [0.25, 0.3) is 0 Å². The van der Waals surface area contributed by atoms with Crippen molar-refractivity contribution in [2.45, 2.75) is 18.9 Å². The Morgan fingerprint density at radius 2 is 2.05 bits per heavy atom. The van der Waals surface area contributed by atoms with E-state index in [9.17, 15) is 8.42 Å². The Morgan fingerprint density at radius 3 is 2.75 bits per heavy atom. The molecule has 1 aromatic carbocycles. The lowest BCUT2D eigenvalue weighted by molar-refractivity contribution is 0.281. The van der Waals surface area contributed by atoms with Gasteiger partial charge >= 0.3 is 0 Å². The second kappa shape index (κ2) is 7.20. The summed E-state index contributed by atoms with van der Waals surface area (Å²) < 4.78 is 22.6. The Bertz CT molecular complexity index is 502. The van der Waals surface area contributed by atoms with Gasteiger partial charge in [-0.1, -0.05) is 30.3 Å². The van der Waals surface area contributed by atoms with Gasteiger partial charge in [-0.05, 0) is 31.5 Å². The first-order valence-corrected chi connectivity index (χ1v) is 9.26. The molecule has 1 aliphatic rings. The molecule has 1 atom stereocenters. The summed E-state index contributed by atoms with van der Waals surface area (Å²) >= 11 is 0. The van der Waals surface area contributed by atoms with E-state index >= 15 is 0 Å². The number of nitrogens with one attached hydrogen (secondary N) is 1. The molecule has 0 aliphatic carbocycles. The predicted octanol–water partition coefficient (Wildman–Crippen LogP) is 0.938. The SMILES string of the molecule is CS(=O)(=O)CCN1CCCNC(Cc2ccccc2)C1. The van der Waals surface area contributed by atoms with Crippen molar-refractivity contribution in [3.63, 3.8) is 0 Å². The second-order valence-corrected chi connectivity index (χ2v) is 7.88. The van der Waals surface area contributed by atoms with Crippen molar-refractivity contribution in [1.29, 1.82) is 0 Å². The van der Waals surface area contributed by atoms with E-state index in [-0.39, 0.29) is 5.75 Å². The van der Waals surface area contributed by atoms with Crippen LogP contribution in [0.15, 0.2) is 30.3 Å². The minimum atomic E-state index is -2.87. The molecule has 0 radical (unpaired) electrons. The summed E-state index contributed by atoms with van der Waals surface area (Å²) in [6, 6.07) is 10.9. The zero-order valence-electron chi connectivity index (χ0n) is 12.1. The van der Waals surface area contributed by atoms with Gasteiger partial charge in [0.15, 0.2) is 0 Å². The van der Waals surface area contributed by atoms with Crippen molar-refractivity contribution >= 4 is 9.84 Å². The van der Waals surface area contributed by atoms with Crippen LogP contribution in [-0.4, -0.2) is 57.5 Å². The van der Waals surface area contributed by atoms with Crippen LogP contribution in [0.3, 0.4) is 0 Å². The maximum Gasteiger partial charge on any atom is 0.148 e. The van der Waals surface area contributed by atoms with E-state index in [1.54, 1.807) is 0 Å². The molecule has 2 rings (SSSR count). The molecule has 1 aliphatic heterocycles. The third-order valence-electron chi connectivity index (χ3n) is 3.67. The molecule has 4 nitrogen and oxygen atoms in total. The van der Waals surface area contributed by atoms with Crippen molar-refractivity contribution in [1.82, 2.24) is 10.2 Å². The lowest BCUT2D eigenvalue weighted by atomic mass is 10.1. The highest BCUT2D eigenvalue weighted by atomic mass is 32.2. The second-order valence-electron chi connectivity index (χ2n) is 5.62. The van der Waals surface area contributed by atoms with Gasteiger partial charge in [0.05, 0.1) is 5.75 Å². The fourth-order valence-electron chi connectivity index (χ4n) is 2.61. The molecule has 112 valence electrons. The Hall–Kier alpha value is -0.910. The lowest BCUT2D eigenvalue weighted by Gasteiger charge is -2.24. The predicted molar refractivity (Wildman–Crippen MR) is 82.7 cm³/mol. The minimum absolute atomic E-state index is 0.255. The molecule has 1 heterocycles. The normalized spacial score (nSPS) is 21.6. The van der Waals surface area contributed by atoms with Crippen LogP contribution >= 0.6 is 0 Å². The van der Waals surface area contributed by atoms with Crippen LogP contribution in [0.1, 0.15) is 12.0 Å². The van der Waals surface area contributed by atoms with Gasteiger partial charge in [-0.15, -0.1) is 0 Å². The summed E-state index contributed by atoms with van der Waals surface area (Å²) in [5.41, 5.74) is 1.33. The number of hydrogen-bond acceptors (Lipinski definition) is 4. The fourth-order valence-corrected chi connectivity index (χ4v) is 3.20. The van der Waals surface area contributed by atoms with E-state index < -0.39 is 9.84 Å². The Kier molecular flexibility index (Phi) is 5.57. The van der Waals surface area contributed by atoms with Crippen molar-refractivity contribution in [2.24, 2.45) is 0 Å². The largest absolute Gasteiger partial charge is 0.312 e. The van der Waals surface area contributed by atoms with E-state index in [0.29, 0.717) is 12.6 Å². The fraction of sp³-hybridized carbons (Fsp3) is 0.600. The van der Waals surface area contributed by atoms with E-state index in [0.717, 1.165) is 32.5 Å². The zero-order chi connectivity index (χ0) is 14.4. The number of rotatable bonds is 5. The average molecular weight is 296 g/mol. The third-order valence-corrected chi connectivity index (χ3v) is 4.59. The van der Waals surface area contributed by atoms with Gasteiger partial charge in [-0.3, -0.25) is 0 Å². The van der Waals surface area contributed by atoms with E-state index in [1.165, 1.54) is 11.8 Å². The van der Waals surface area contributed by atoms with Gasteiger partial charge in [-0.25, -0.2) is 8.42 Å². The molecular weight excluding hydrogens is 272 g/mol. The van der Waals surface area contributed by atoms with E-state index in [2.05, 4.69) is 34.5 Å². The Morgan fingerprint density at radius 1 is 1.30 bits per heavy atom. The highest BCUT2D eigenvalue weighted by Gasteiger charge is 2.18. The van der Waals surface area contributed by atoms with Gasteiger partial charge in [0, 0.05) is 25.4 Å². The standard InChI is InChI=1S/C15H24N2O2S/c1-20(18,19)11-10-17-9-5-8-16-15(13-17)12-14-6-3-2-4-7-14/h2-4,6-7,15-16H,5,8-13H2,1H3. The van der Waals surface area contributed by atoms with Crippen molar-refractivity contribution in [2.75, 3.05) is 38.2 Å². The molecule has 1 fully saturated rings. The van der Waals surface area contributed by atoms with Gasteiger partial charge in [0.2, 0.25) is 0 Å². The van der Waals surface area contributed by atoms with E-state index in [1.807, 2.05) is 6.07 Å². The molecule has 1 unspecified atom stereocenters. The van der Waals surface area contributed by atoms with Gasteiger partial charge in [0.1, 0.15) is 9.84 Å². The maximum absolute atomic E-state index is 11.3. The number of sulfone groups is 1. The average Bonchev–Trinajstić information content (AvgIpc) is 2.62. The first kappa shape index (κ1) is 15.5. The quantitative estimate of drug-likeness (QED) is 0.878. The molecule has 1 saturated heterocycles. The van der Waals surface area contributed by atoms with Crippen LogP contribution in [0.2, 0.25) is 0 Å². The monoisotopic (exact) mass is 296 g/mol. The molecule has 0 amide bonds. The molecular formula is C15H24N2O2S. The van der Waals surface area contributed by atoms with E-state index in [4.69, 9.17) is 0 Å².